The van der Waals surface area contributed by atoms with E-state index in [4.69, 9.17) is 4.84 Å². The maximum absolute atomic E-state index is 11.9. The van der Waals surface area contributed by atoms with Crippen molar-refractivity contribution >= 4 is 17.7 Å². The molecule has 4 heteroatoms. The average molecular weight is 301 g/mol. The Kier molecular flexibility index (Phi) is 5.84. The summed E-state index contributed by atoms with van der Waals surface area (Å²) in [4.78, 5) is 16.8. The van der Waals surface area contributed by atoms with Gasteiger partial charge in [0, 0.05) is 7.05 Å². The van der Waals surface area contributed by atoms with Gasteiger partial charge in [-0.15, -0.1) is 11.8 Å². The number of hydrogen-bond donors (Lipinski definition) is 0. The summed E-state index contributed by atoms with van der Waals surface area (Å²) in [5, 5.41) is 1.40. The van der Waals surface area contributed by atoms with Crippen LogP contribution in [0.3, 0.4) is 0 Å². The first-order valence-electron chi connectivity index (χ1n) is 6.74. The molecule has 0 aliphatic rings. The smallest absolute Gasteiger partial charge is 0.255 e. The SMILES string of the molecule is CON(C)C(=O)CSC(c1ccccc1)c1ccccc1. The summed E-state index contributed by atoms with van der Waals surface area (Å²) in [6.45, 7) is 0. The molecular weight excluding hydrogens is 282 g/mol. The van der Waals surface area contributed by atoms with Crippen molar-refractivity contribution in [1.29, 1.82) is 0 Å². The van der Waals surface area contributed by atoms with E-state index in [9.17, 15) is 4.79 Å². The van der Waals surface area contributed by atoms with E-state index in [1.807, 2.05) is 36.4 Å². The molecule has 0 spiro atoms. The number of thioether (sulfide) groups is 1. The number of rotatable bonds is 6. The topological polar surface area (TPSA) is 29.5 Å². The summed E-state index contributed by atoms with van der Waals surface area (Å²) in [5.41, 5.74) is 2.39. The predicted molar refractivity (Wildman–Crippen MR) is 87.0 cm³/mol. The fourth-order valence-corrected chi connectivity index (χ4v) is 3.18. The maximum Gasteiger partial charge on any atom is 0.255 e. The second-order valence-electron chi connectivity index (χ2n) is 4.59. The van der Waals surface area contributed by atoms with Crippen LogP contribution < -0.4 is 0 Å². The van der Waals surface area contributed by atoms with Gasteiger partial charge in [0.2, 0.25) is 0 Å². The van der Waals surface area contributed by atoms with Crippen LogP contribution in [0.5, 0.6) is 0 Å². The van der Waals surface area contributed by atoms with Crippen molar-refractivity contribution in [3.05, 3.63) is 71.8 Å². The molecular formula is C17H19NO2S. The third-order valence-electron chi connectivity index (χ3n) is 3.20. The highest BCUT2D eigenvalue weighted by molar-refractivity contribution is 8.00. The Balaban J connectivity index is 2.16. The van der Waals surface area contributed by atoms with Crippen LogP contribution in [0.2, 0.25) is 0 Å². The van der Waals surface area contributed by atoms with E-state index in [2.05, 4.69) is 24.3 Å². The maximum atomic E-state index is 11.9. The standard InChI is InChI=1S/C17H19NO2S/c1-18(20-2)16(19)13-21-17(14-9-5-3-6-10-14)15-11-7-4-8-12-15/h3-12,17H,13H2,1-2H3. The molecule has 0 radical (unpaired) electrons. The normalized spacial score (nSPS) is 10.6. The van der Waals surface area contributed by atoms with Gasteiger partial charge in [-0.3, -0.25) is 9.63 Å². The minimum Gasteiger partial charge on any atom is -0.275 e. The molecule has 2 rings (SSSR count). The summed E-state index contributed by atoms with van der Waals surface area (Å²) in [6, 6.07) is 20.5. The van der Waals surface area contributed by atoms with Crippen molar-refractivity contribution in [1.82, 2.24) is 5.06 Å². The summed E-state index contributed by atoms with van der Waals surface area (Å²) in [6.07, 6.45) is 0. The lowest BCUT2D eigenvalue weighted by Gasteiger charge is -2.19. The van der Waals surface area contributed by atoms with Crippen LogP contribution in [0.1, 0.15) is 16.4 Å². The van der Waals surface area contributed by atoms with Gasteiger partial charge in [-0.1, -0.05) is 60.7 Å². The molecule has 0 aliphatic carbocycles. The van der Waals surface area contributed by atoms with E-state index in [1.54, 1.807) is 18.8 Å². The third-order valence-corrected chi connectivity index (χ3v) is 4.49. The van der Waals surface area contributed by atoms with Crippen molar-refractivity contribution in [2.75, 3.05) is 19.9 Å². The summed E-state index contributed by atoms with van der Waals surface area (Å²) < 4.78 is 0. The molecule has 0 aromatic heterocycles. The Labute approximate surface area is 129 Å². The second kappa shape index (κ2) is 7.86. The Hall–Kier alpha value is -1.78. The molecule has 3 nitrogen and oxygen atoms in total. The molecule has 2 aromatic carbocycles. The Bertz CT molecular complexity index is 520. The minimum absolute atomic E-state index is 0.0423. The van der Waals surface area contributed by atoms with Gasteiger partial charge in [-0.25, -0.2) is 5.06 Å². The lowest BCUT2D eigenvalue weighted by atomic mass is 10.0. The molecule has 0 unspecified atom stereocenters. The molecule has 0 heterocycles. The summed E-state index contributed by atoms with van der Waals surface area (Å²) in [5.74, 6) is 0.332. The highest BCUT2D eigenvalue weighted by atomic mass is 32.2. The number of carbonyl (C=O) groups is 1. The van der Waals surface area contributed by atoms with Crippen LogP contribution >= 0.6 is 11.8 Å². The molecule has 21 heavy (non-hydrogen) atoms. The van der Waals surface area contributed by atoms with Gasteiger partial charge >= 0.3 is 0 Å². The van der Waals surface area contributed by atoms with Crippen LogP contribution in [0.25, 0.3) is 0 Å². The van der Waals surface area contributed by atoms with Gasteiger partial charge < -0.3 is 0 Å². The molecule has 1 amide bonds. The number of carbonyl (C=O) groups excluding carboxylic acids is 1. The molecule has 0 saturated heterocycles. The number of nitrogens with zero attached hydrogens (tertiary/aromatic N) is 1. The van der Waals surface area contributed by atoms with Crippen LogP contribution in [0.15, 0.2) is 60.7 Å². The molecule has 0 saturated carbocycles. The first-order valence-corrected chi connectivity index (χ1v) is 7.79. The van der Waals surface area contributed by atoms with Crippen molar-refractivity contribution in [3.63, 3.8) is 0 Å². The number of benzene rings is 2. The zero-order valence-electron chi connectivity index (χ0n) is 12.2. The predicted octanol–water partition coefficient (Wildman–Crippen LogP) is 3.53. The first-order chi connectivity index (χ1) is 10.2. The Morgan fingerprint density at radius 3 is 1.95 bits per heavy atom. The lowest BCUT2D eigenvalue weighted by Crippen LogP contribution is -2.27. The Morgan fingerprint density at radius 2 is 1.52 bits per heavy atom. The highest BCUT2D eigenvalue weighted by Crippen LogP contribution is 2.35. The van der Waals surface area contributed by atoms with Gasteiger partial charge in [0.15, 0.2) is 0 Å². The lowest BCUT2D eigenvalue weighted by molar-refractivity contribution is -0.165. The average Bonchev–Trinajstić information content (AvgIpc) is 2.56. The largest absolute Gasteiger partial charge is 0.275 e. The molecule has 0 fully saturated rings. The van der Waals surface area contributed by atoms with E-state index in [1.165, 1.54) is 23.3 Å². The number of hydrogen-bond acceptors (Lipinski definition) is 3. The molecule has 110 valence electrons. The van der Waals surface area contributed by atoms with Crippen molar-refractivity contribution in [2.45, 2.75) is 5.25 Å². The molecule has 0 aliphatic heterocycles. The fraction of sp³-hybridized carbons (Fsp3) is 0.235. The zero-order chi connectivity index (χ0) is 15.1. The monoisotopic (exact) mass is 301 g/mol. The van der Waals surface area contributed by atoms with Gasteiger partial charge in [0.1, 0.15) is 0 Å². The number of amides is 1. The van der Waals surface area contributed by atoms with E-state index >= 15 is 0 Å². The third kappa shape index (κ3) is 4.34. The van der Waals surface area contributed by atoms with Crippen LogP contribution in [0, 0.1) is 0 Å². The molecule has 0 bridgehead atoms. The highest BCUT2D eigenvalue weighted by Gasteiger charge is 2.17. The van der Waals surface area contributed by atoms with Crippen molar-refractivity contribution < 1.29 is 9.63 Å². The summed E-state index contributed by atoms with van der Waals surface area (Å²) >= 11 is 1.61. The van der Waals surface area contributed by atoms with Gasteiger partial charge in [-0.2, -0.15) is 0 Å². The van der Waals surface area contributed by atoms with Crippen LogP contribution in [-0.4, -0.2) is 30.9 Å². The quantitative estimate of drug-likeness (QED) is 0.765. The minimum atomic E-state index is -0.0423. The first kappa shape index (κ1) is 15.6. The van der Waals surface area contributed by atoms with E-state index in [0.29, 0.717) is 5.75 Å². The van der Waals surface area contributed by atoms with E-state index in [0.717, 1.165) is 0 Å². The Morgan fingerprint density at radius 1 is 1.05 bits per heavy atom. The zero-order valence-corrected chi connectivity index (χ0v) is 13.0. The van der Waals surface area contributed by atoms with Gasteiger partial charge in [0.05, 0.1) is 18.1 Å². The van der Waals surface area contributed by atoms with E-state index < -0.39 is 0 Å². The number of hydroxylamine groups is 2. The van der Waals surface area contributed by atoms with Crippen LogP contribution in [-0.2, 0) is 9.63 Å². The van der Waals surface area contributed by atoms with Crippen molar-refractivity contribution in [2.24, 2.45) is 0 Å². The molecule has 2 aromatic rings. The van der Waals surface area contributed by atoms with Gasteiger partial charge in [0.25, 0.3) is 5.91 Å². The second-order valence-corrected chi connectivity index (χ2v) is 5.68. The summed E-state index contributed by atoms with van der Waals surface area (Å²) in [7, 11) is 3.12. The fourth-order valence-electron chi connectivity index (χ4n) is 1.99. The van der Waals surface area contributed by atoms with Crippen LogP contribution in [0.4, 0.5) is 0 Å². The van der Waals surface area contributed by atoms with E-state index in [-0.39, 0.29) is 11.2 Å². The van der Waals surface area contributed by atoms with Gasteiger partial charge in [-0.05, 0) is 11.1 Å². The molecule has 0 N–H and O–H groups in total. The molecule has 0 atom stereocenters. The van der Waals surface area contributed by atoms with Crippen molar-refractivity contribution in [3.8, 4) is 0 Å².